The monoisotopic (exact) mass is 497 g/mol. The van der Waals surface area contributed by atoms with Crippen molar-refractivity contribution in [3.05, 3.63) is 99.4 Å². The smallest absolute Gasteiger partial charge is 0.295 e. The van der Waals surface area contributed by atoms with Crippen LogP contribution in [0.4, 0.5) is 5.69 Å². The lowest BCUT2D eigenvalue weighted by molar-refractivity contribution is 0.0971. The van der Waals surface area contributed by atoms with Crippen molar-refractivity contribution in [2.75, 3.05) is 18.6 Å². The van der Waals surface area contributed by atoms with E-state index in [-0.39, 0.29) is 17.1 Å². The number of aryl methyl sites for hydroxylation is 1. The van der Waals surface area contributed by atoms with Gasteiger partial charge in [0.05, 0.1) is 30.7 Å². The Morgan fingerprint density at radius 2 is 1.62 bits per heavy atom. The zero-order chi connectivity index (χ0) is 25.9. The van der Waals surface area contributed by atoms with Gasteiger partial charge >= 0.3 is 0 Å². The quantitative estimate of drug-likeness (QED) is 0.237. The Morgan fingerprint density at radius 3 is 2.32 bits per heavy atom. The Kier molecular flexibility index (Phi) is 6.99. The first-order chi connectivity index (χ1) is 18.0. The number of carbonyl (C=O) groups excluding carboxylic acids is 1. The zero-order valence-electron chi connectivity index (χ0n) is 21.5. The van der Waals surface area contributed by atoms with Crippen LogP contribution >= 0.6 is 0 Å². The first-order valence-electron chi connectivity index (χ1n) is 12.8. The maximum Gasteiger partial charge on any atom is 0.295 e. The second kappa shape index (κ2) is 10.5. The van der Waals surface area contributed by atoms with Crippen LogP contribution in [0.5, 0.6) is 11.5 Å². The molecule has 0 radical (unpaired) electrons. The topological polar surface area (TPSA) is 69.0 Å². The minimum Gasteiger partial charge on any atom is -0.497 e. The fourth-order valence-corrected chi connectivity index (χ4v) is 4.88. The summed E-state index contributed by atoms with van der Waals surface area (Å²) in [4.78, 5) is 29.1. The third-order valence-corrected chi connectivity index (χ3v) is 6.84. The summed E-state index contributed by atoms with van der Waals surface area (Å²) in [5.41, 5.74) is 2.98. The van der Waals surface area contributed by atoms with Gasteiger partial charge in [0.1, 0.15) is 17.1 Å². The van der Waals surface area contributed by atoms with Gasteiger partial charge in [-0.15, -0.1) is 0 Å². The van der Waals surface area contributed by atoms with Crippen LogP contribution in [0.1, 0.15) is 65.9 Å². The van der Waals surface area contributed by atoms with Gasteiger partial charge in [0.25, 0.3) is 5.91 Å². The number of hydrogen-bond acceptors (Lipinski definition) is 5. The van der Waals surface area contributed by atoms with Crippen molar-refractivity contribution in [3.63, 3.8) is 0 Å². The Bertz CT molecular complexity index is 1470. The number of nitrogens with zero attached hydrogens (tertiary/aromatic N) is 1. The summed E-state index contributed by atoms with van der Waals surface area (Å²) in [6, 6.07) is 19.7. The lowest BCUT2D eigenvalue weighted by atomic mass is 9.97. The summed E-state index contributed by atoms with van der Waals surface area (Å²) in [7, 11) is 1.60. The van der Waals surface area contributed by atoms with Crippen LogP contribution in [-0.4, -0.2) is 19.6 Å². The summed E-state index contributed by atoms with van der Waals surface area (Å²) < 4.78 is 17.3. The number of methoxy groups -OCH3 is 1. The summed E-state index contributed by atoms with van der Waals surface area (Å²) in [6.07, 6.45) is 4.55. The Labute approximate surface area is 216 Å². The van der Waals surface area contributed by atoms with Crippen molar-refractivity contribution >= 4 is 22.6 Å². The number of rotatable bonds is 9. The van der Waals surface area contributed by atoms with Crippen molar-refractivity contribution < 1.29 is 18.7 Å². The van der Waals surface area contributed by atoms with Gasteiger partial charge in [-0.1, -0.05) is 49.9 Å². The highest BCUT2D eigenvalue weighted by Crippen LogP contribution is 2.42. The van der Waals surface area contributed by atoms with E-state index >= 15 is 0 Å². The standard InChI is InChI=1S/C31H31NO5/c1-4-5-6-7-18-36-24-13-9-21(10-14-24)28-27-29(33)25-19-20(2)8-17-26(25)37-30(27)31(34)32(28)22-11-15-23(35-3)16-12-22/h8-17,19,28H,4-7,18H2,1-3H3. The maximum atomic E-state index is 13.8. The number of anilines is 1. The van der Waals surface area contributed by atoms with Gasteiger partial charge in [0, 0.05) is 5.69 Å². The van der Waals surface area contributed by atoms with E-state index in [9.17, 15) is 9.59 Å². The molecule has 1 aromatic heterocycles. The Balaban J connectivity index is 1.57. The minimum absolute atomic E-state index is 0.0819. The minimum atomic E-state index is -0.629. The van der Waals surface area contributed by atoms with Crippen LogP contribution in [0.15, 0.2) is 75.9 Å². The summed E-state index contributed by atoms with van der Waals surface area (Å²) in [5, 5.41) is 0.472. The highest BCUT2D eigenvalue weighted by atomic mass is 16.5. The molecule has 4 aromatic rings. The molecule has 0 fully saturated rings. The van der Waals surface area contributed by atoms with Gasteiger partial charge in [0.15, 0.2) is 5.43 Å². The van der Waals surface area contributed by atoms with E-state index in [0.29, 0.717) is 34.6 Å². The molecule has 1 unspecified atom stereocenters. The molecule has 37 heavy (non-hydrogen) atoms. The molecular weight excluding hydrogens is 466 g/mol. The van der Waals surface area contributed by atoms with Crippen molar-refractivity contribution in [1.82, 2.24) is 0 Å². The zero-order valence-corrected chi connectivity index (χ0v) is 21.5. The number of benzene rings is 3. The molecule has 1 aliphatic rings. The number of unbranched alkanes of at least 4 members (excludes halogenated alkanes) is 3. The lowest BCUT2D eigenvalue weighted by Crippen LogP contribution is -2.29. The van der Waals surface area contributed by atoms with Crippen LogP contribution in [-0.2, 0) is 0 Å². The van der Waals surface area contributed by atoms with E-state index < -0.39 is 6.04 Å². The van der Waals surface area contributed by atoms with Gasteiger partial charge in [-0.25, -0.2) is 0 Å². The molecule has 0 saturated heterocycles. The second-order valence-electron chi connectivity index (χ2n) is 9.43. The first kappa shape index (κ1) is 24.6. The molecule has 0 saturated carbocycles. The van der Waals surface area contributed by atoms with E-state index in [1.807, 2.05) is 55.5 Å². The van der Waals surface area contributed by atoms with Gasteiger partial charge in [-0.3, -0.25) is 14.5 Å². The predicted molar refractivity (Wildman–Crippen MR) is 145 cm³/mol. The number of hydrogen-bond donors (Lipinski definition) is 0. The van der Waals surface area contributed by atoms with Gasteiger partial charge < -0.3 is 13.9 Å². The second-order valence-corrected chi connectivity index (χ2v) is 9.43. The molecule has 5 rings (SSSR count). The molecule has 0 bridgehead atoms. The normalized spacial score (nSPS) is 14.7. The van der Waals surface area contributed by atoms with E-state index in [1.54, 1.807) is 30.2 Å². The fourth-order valence-electron chi connectivity index (χ4n) is 4.88. The summed E-state index contributed by atoms with van der Waals surface area (Å²) in [6.45, 7) is 4.78. The molecule has 1 aliphatic heterocycles. The van der Waals surface area contributed by atoms with Crippen LogP contribution < -0.4 is 19.8 Å². The highest BCUT2D eigenvalue weighted by molar-refractivity contribution is 6.10. The van der Waals surface area contributed by atoms with Crippen LogP contribution in [0.3, 0.4) is 0 Å². The molecule has 3 aromatic carbocycles. The van der Waals surface area contributed by atoms with E-state index in [0.717, 1.165) is 29.7 Å². The van der Waals surface area contributed by atoms with E-state index in [1.165, 1.54) is 12.8 Å². The van der Waals surface area contributed by atoms with Gasteiger partial charge in [0.2, 0.25) is 5.76 Å². The third kappa shape index (κ3) is 4.71. The molecule has 0 aliphatic carbocycles. The molecule has 6 nitrogen and oxygen atoms in total. The average Bonchev–Trinajstić information content (AvgIpc) is 3.21. The van der Waals surface area contributed by atoms with Crippen LogP contribution in [0.25, 0.3) is 11.0 Å². The highest BCUT2D eigenvalue weighted by Gasteiger charge is 2.43. The maximum absolute atomic E-state index is 13.8. The van der Waals surface area contributed by atoms with E-state index in [4.69, 9.17) is 13.9 Å². The van der Waals surface area contributed by atoms with Crippen molar-refractivity contribution in [2.45, 2.75) is 45.6 Å². The van der Waals surface area contributed by atoms with Crippen LogP contribution in [0, 0.1) is 6.92 Å². The summed E-state index contributed by atoms with van der Waals surface area (Å²) >= 11 is 0. The van der Waals surface area contributed by atoms with Gasteiger partial charge in [-0.05, 0) is 67.4 Å². The molecule has 1 amide bonds. The van der Waals surface area contributed by atoms with Crippen LogP contribution in [0.2, 0.25) is 0 Å². The first-order valence-corrected chi connectivity index (χ1v) is 12.8. The molecule has 6 heteroatoms. The number of fused-ring (bicyclic) bond motifs is 2. The van der Waals surface area contributed by atoms with E-state index in [2.05, 4.69) is 6.92 Å². The largest absolute Gasteiger partial charge is 0.497 e. The molecule has 0 N–H and O–H groups in total. The predicted octanol–water partition coefficient (Wildman–Crippen LogP) is 6.82. The Morgan fingerprint density at radius 1 is 0.892 bits per heavy atom. The fraction of sp³-hybridized carbons (Fsp3) is 0.290. The van der Waals surface area contributed by atoms with Crippen molar-refractivity contribution in [1.29, 1.82) is 0 Å². The Hall–Kier alpha value is -4.06. The average molecular weight is 498 g/mol. The number of ether oxygens (including phenoxy) is 2. The molecular formula is C31H31NO5. The van der Waals surface area contributed by atoms with Crippen molar-refractivity contribution in [3.8, 4) is 11.5 Å². The molecule has 1 atom stereocenters. The molecule has 190 valence electrons. The SMILES string of the molecule is CCCCCCOc1ccc(C2c3c(oc4ccc(C)cc4c3=O)C(=O)N2c2ccc(OC)cc2)cc1. The number of carbonyl (C=O) groups is 1. The lowest BCUT2D eigenvalue weighted by Gasteiger charge is -2.25. The number of amides is 1. The van der Waals surface area contributed by atoms with Gasteiger partial charge in [-0.2, -0.15) is 0 Å². The summed E-state index contributed by atoms with van der Waals surface area (Å²) in [5.74, 6) is 1.18. The molecule has 0 spiro atoms. The third-order valence-electron chi connectivity index (χ3n) is 6.84. The molecule has 2 heterocycles. The van der Waals surface area contributed by atoms with Crippen molar-refractivity contribution in [2.24, 2.45) is 0 Å².